The number of rotatable bonds is 7. The summed E-state index contributed by atoms with van der Waals surface area (Å²) >= 11 is 0. The van der Waals surface area contributed by atoms with E-state index in [-0.39, 0.29) is 5.92 Å². The van der Waals surface area contributed by atoms with E-state index in [9.17, 15) is 10.2 Å². The normalized spacial score (nSPS) is 16.1. The van der Waals surface area contributed by atoms with Gasteiger partial charge in [-0.15, -0.1) is 0 Å². The van der Waals surface area contributed by atoms with Gasteiger partial charge in [0.25, 0.3) is 0 Å². The molecule has 1 rings (SSSR count). The van der Waals surface area contributed by atoms with Gasteiger partial charge in [0.1, 0.15) is 5.75 Å². The lowest BCUT2D eigenvalue weighted by Gasteiger charge is -2.19. The van der Waals surface area contributed by atoms with Gasteiger partial charge in [0, 0.05) is 0 Å². The summed E-state index contributed by atoms with van der Waals surface area (Å²) in [5.41, 5.74) is 1.15. The number of benzene rings is 1. The third-order valence-corrected chi connectivity index (χ3v) is 3.07. The molecule has 3 heteroatoms. The number of ether oxygens (including phenoxy) is 1. The van der Waals surface area contributed by atoms with Gasteiger partial charge in [0.2, 0.25) is 0 Å². The fourth-order valence-corrected chi connectivity index (χ4v) is 1.81. The topological polar surface area (TPSA) is 49.7 Å². The maximum atomic E-state index is 9.65. The number of hydrogen-bond donors (Lipinski definition) is 2. The van der Waals surface area contributed by atoms with Crippen molar-refractivity contribution in [3.05, 3.63) is 29.8 Å². The summed E-state index contributed by atoms with van der Waals surface area (Å²) in [6.07, 6.45) is 0.210. The molecule has 3 unspecified atom stereocenters. The van der Waals surface area contributed by atoms with E-state index in [0.717, 1.165) is 24.3 Å². The molecule has 0 fully saturated rings. The van der Waals surface area contributed by atoms with Gasteiger partial charge in [-0.3, -0.25) is 0 Å². The minimum Gasteiger partial charge on any atom is -0.494 e. The van der Waals surface area contributed by atoms with Crippen molar-refractivity contribution in [1.82, 2.24) is 0 Å². The Labute approximate surface area is 109 Å². The van der Waals surface area contributed by atoms with Crippen LogP contribution in [0.3, 0.4) is 0 Å². The highest BCUT2D eigenvalue weighted by Gasteiger charge is 2.16. The van der Waals surface area contributed by atoms with Crippen LogP contribution in [0, 0.1) is 0 Å². The smallest absolute Gasteiger partial charge is 0.119 e. The van der Waals surface area contributed by atoms with E-state index >= 15 is 0 Å². The van der Waals surface area contributed by atoms with Crippen molar-refractivity contribution in [1.29, 1.82) is 0 Å². The Morgan fingerprint density at radius 1 is 1.11 bits per heavy atom. The molecule has 3 atom stereocenters. The standard InChI is InChI=1S/C15H24O3/c1-4-9-18-14-7-5-13(6-8-14)11(2)10-15(17)12(3)16/h5-8,11-12,15-17H,4,9-10H2,1-3H3. The molecule has 0 aliphatic rings. The Hall–Kier alpha value is -1.06. The molecule has 1 aromatic rings. The number of aliphatic hydroxyl groups is 2. The molecule has 102 valence electrons. The zero-order chi connectivity index (χ0) is 13.5. The summed E-state index contributed by atoms with van der Waals surface area (Å²) in [7, 11) is 0. The molecule has 0 bridgehead atoms. The second-order valence-corrected chi connectivity index (χ2v) is 4.86. The zero-order valence-corrected chi connectivity index (χ0v) is 11.5. The largest absolute Gasteiger partial charge is 0.494 e. The molecule has 0 aliphatic heterocycles. The van der Waals surface area contributed by atoms with E-state index in [1.54, 1.807) is 6.92 Å². The van der Waals surface area contributed by atoms with Gasteiger partial charge in [-0.25, -0.2) is 0 Å². The molecule has 1 aromatic carbocycles. The van der Waals surface area contributed by atoms with Crippen LogP contribution in [0.25, 0.3) is 0 Å². The predicted molar refractivity (Wildman–Crippen MR) is 72.9 cm³/mol. The van der Waals surface area contributed by atoms with Crippen LogP contribution in [-0.2, 0) is 0 Å². The van der Waals surface area contributed by atoms with Crippen molar-refractivity contribution < 1.29 is 14.9 Å². The third kappa shape index (κ3) is 4.67. The van der Waals surface area contributed by atoms with Crippen molar-refractivity contribution >= 4 is 0 Å². The maximum Gasteiger partial charge on any atom is 0.119 e. The Morgan fingerprint density at radius 3 is 2.22 bits per heavy atom. The molecule has 0 radical (unpaired) electrons. The minimum absolute atomic E-state index is 0.217. The van der Waals surface area contributed by atoms with E-state index in [0.29, 0.717) is 6.42 Å². The van der Waals surface area contributed by atoms with E-state index in [1.807, 2.05) is 31.2 Å². The van der Waals surface area contributed by atoms with E-state index in [2.05, 4.69) is 6.92 Å². The van der Waals surface area contributed by atoms with Crippen LogP contribution >= 0.6 is 0 Å². The third-order valence-electron chi connectivity index (χ3n) is 3.07. The Morgan fingerprint density at radius 2 is 1.72 bits per heavy atom. The van der Waals surface area contributed by atoms with Crippen molar-refractivity contribution in [3.63, 3.8) is 0 Å². The van der Waals surface area contributed by atoms with Gasteiger partial charge in [-0.1, -0.05) is 26.0 Å². The van der Waals surface area contributed by atoms with Gasteiger partial charge in [0.15, 0.2) is 0 Å². The molecular formula is C15H24O3. The summed E-state index contributed by atoms with van der Waals surface area (Å²) in [6, 6.07) is 7.95. The van der Waals surface area contributed by atoms with Crippen molar-refractivity contribution in [2.45, 2.75) is 51.7 Å². The summed E-state index contributed by atoms with van der Waals surface area (Å²) in [5, 5.41) is 18.9. The summed E-state index contributed by atoms with van der Waals surface area (Å²) in [6.45, 7) is 6.47. The summed E-state index contributed by atoms with van der Waals surface area (Å²) < 4.78 is 5.52. The first-order valence-electron chi connectivity index (χ1n) is 6.63. The van der Waals surface area contributed by atoms with Gasteiger partial charge in [-0.2, -0.15) is 0 Å². The van der Waals surface area contributed by atoms with Crippen LogP contribution in [0.5, 0.6) is 5.75 Å². The van der Waals surface area contributed by atoms with Gasteiger partial charge >= 0.3 is 0 Å². The molecule has 0 heterocycles. The molecule has 0 saturated carbocycles. The fourth-order valence-electron chi connectivity index (χ4n) is 1.81. The molecule has 2 N–H and O–H groups in total. The first-order chi connectivity index (χ1) is 8.54. The zero-order valence-electron chi connectivity index (χ0n) is 11.5. The second-order valence-electron chi connectivity index (χ2n) is 4.86. The molecular weight excluding hydrogens is 228 g/mol. The van der Waals surface area contributed by atoms with Crippen LogP contribution in [0.1, 0.15) is 45.1 Å². The average molecular weight is 252 g/mol. The quantitative estimate of drug-likeness (QED) is 0.784. The molecule has 0 spiro atoms. The maximum absolute atomic E-state index is 9.65. The van der Waals surface area contributed by atoms with Crippen molar-refractivity contribution in [2.75, 3.05) is 6.61 Å². The first kappa shape index (κ1) is 15.0. The molecule has 3 nitrogen and oxygen atoms in total. The van der Waals surface area contributed by atoms with Crippen molar-refractivity contribution in [2.24, 2.45) is 0 Å². The lowest BCUT2D eigenvalue weighted by Crippen LogP contribution is -2.24. The van der Waals surface area contributed by atoms with Crippen LogP contribution in [0.2, 0.25) is 0 Å². The Balaban J connectivity index is 2.55. The van der Waals surface area contributed by atoms with Crippen molar-refractivity contribution in [3.8, 4) is 5.75 Å². The van der Waals surface area contributed by atoms with E-state index in [4.69, 9.17) is 4.74 Å². The van der Waals surface area contributed by atoms with Gasteiger partial charge in [-0.05, 0) is 43.4 Å². The van der Waals surface area contributed by atoms with Crippen LogP contribution in [0.4, 0.5) is 0 Å². The fraction of sp³-hybridized carbons (Fsp3) is 0.600. The highest BCUT2D eigenvalue weighted by Crippen LogP contribution is 2.24. The molecule has 0 saturated heterocycles. The Bertz CT molecular complexity index is 332. The van der Waals surface area contributed by atoms with Crippen LogP contribution in [-0.4, -0.2) is 29.0 Å². The highest BCUT2D eigenvalue weighted by molar-refractivity contribution is 5.29. The number of hydrogen-bond acceptors (Lipinski definition) is 3. The highest BCUT2D eigenvalue weighted by atomic mass is 16.5. The lowest BCUT2D eigenvalue weighted by atomic mass is 9.93. The average Bonchev–Trinajstić information content (AvgIpc) is 2.36. The SMILES string of the molecule is CCCOc1ccc(C(C)CC(O)C(C)O)cc1. The Kier molecular flexibility index (Phi) is 6.16. The molecule has 0 amide bonds. The summed E-state index contributed by atoms with van der Waals surface area (Å²) in [4.78, 5) is 0. The first-order valence-corrected chi connectivity index (χ1v) is 6.63. The molecule has 18 heavy (non-hydrogen) atoms. The molecule has 0 aliphatic carbocycles. The number of aliphatic hydroxyl groups excluding tert-OH is 2. The van der Waals surface area contributed by atoms with Gasteiger partial charge in [0.05, 0.1) is 18.8 Å². The van der Waals surface area contributed by atoms with E-state index < -0.39 is 12.2 Å². The van der Waals surface area contributed by atoms with Crippen LogP contribution in [0.15, 0.2) is 24.3 Å². The minimum atomic E-state index is -0.681. The lowest BCUT2D eigenvalue weighted by molar-refractivity contribution is 0.0227. The van der Waals surface area contributed by atoms with Crippen LogP contribution < -0.4 is 4.74 Å². The monoisotopic (exact) mass is 252 g/mol. The van der Waals surface area contributed by atoms with Gasteiger partial charge < -0.3 is 14.9 Å². The summed E-state index contributed by atoms with van der Waals surface area (Å²) in [5.74, 6) is 1.10. The van der Waals surface area contributed by atoms with E-state index in [1.165, 1.54) is 0 Å². The predicted octanol–water partition coefficient (Wildman–Crippen LogP) is 2.71. The second kappa shape index (κ2) is 7.39. The molecule has 0 aromatic heterocycles.